The van der Waals surface area contributed by atoms with E-state index in [2.05, 4.69) is 20.4 Å². The van der Waals surface area contributed by atoms with Crippen LogP contribution in [0.2, 0.25) is 0 Å². The largest absolute Gasteiger partial charge is 0.377 e. The van der Waals surface area contributed by atoms with Crippen LogP contribution in [0.25, 0.3) is 0 Å². The van der Waals surface area contributed by atoms with Gasteiger partial charge in [-0.25, -0.2) is 0 Å². The zero-order chi connectivity index (χ0) is 10.8. The maximum atomic E-state index is 5.84. The summed E-state index contributed by atoms with van der Waals surface area (Å²) in [6, 6.07) is 0. The van der Waals surface area contributed by atoms with Gasteiger partial charge in [0.2, 0.25) is 0 Å². The average Bonchev–Trinajstić information content (AvgIpc) is 2.53. The molecule has 1 heteroatoms. The molecule has 4 aliphatic rings. The molecule has 0 heterocycles. The molecule has 15 heavy (non-hydrogen) atoms. The number of hydrogen-bond donors (Lipinski definition) is 0. The van der Waals surface area contributed by atoms with Crippen molar-refractivity contribution in [3.05, 3.63) is 12.2 Å². The quantitative estimate of drug-likeness (QED) is 0.641. The van der Waals surface area contributed by atoms with E-state index in [1.54, 1.807) is 0 Å². The molecule has 3 atom stereocenters. The summed E-state index contributed by atoms with van der Waals surface area (Å²) in [4.78, 5) is 0. The summed E-state index contributed by atoms with van der Waals surface area (Å²) >= 11 is 0. The van der Waals surface area contributed by atoms with Crippen molar-refractivity contribution in [3.8, 4) is 0 Å². The molecule has 4 rings (SSSR count). The van der Waals surface area contributed by atoms with E-state index in [4.69, 9.17) is 4.74 Å². The van der Waals surface area contributed by atoms with Gasteiger partial charge in [0.05, 0.1) is 13.2 Å². The Balaban J connectivity index is 1.68. The fraction of sp³-hybridized carbons (Fsp3) is 0.857. The fourth-order valence-corrected chi connectivity index (χ4v) is 4.74. The summed E-state index contributed by atoms with van der Waals surface area (Å²) in [7, 11) is 0. The molecule has 4 bridgehead atoms. The van der Waals surface area contributed by atoms with Gasteiger partial charge in [0.25, 0.3) is 0 Å². The minimum atomic E-state index is 0.470. The summed E-state index contributed by atoms with van der Waals surface area (Å²) in [6.45, 7) is 12.6. The van der Waals surface area contributed by atoms with Crippen molar-refractivity contribution in [2.45, 2.75) is 33.6 Å². The molecule has 3 unspecified atom stereocenters. The normalized spacial score (nSPS) is 54.7. The fourth-order valence-electron chi connectivity index (χ4n) is 4.74. The smallest absolute Gasteiger partial charge is 0.0671 e. The Hall–Kier alpha value is -0.300. The lowest BCUT2D eigenvalue weighted by molar-refractivity contribution is 0.0172. The van der Waals surface area contributed by atoms with Crippen LogP contribution in [0.1, 0.15) is 33.6 Å². The van der Waals surface area contributed by atoms with Gasteiger partial charge in [-0.05, 0) is 48.3 Å². The highest BCUT2D eigenvalue weighted by Crippen LogP contribution is 2.86. The summed E-state index contributed by atoms with van der Waals surface area (Å²) in [5, 5.41) is 0. The highest BCUT2D eigenvalue weighted by molar-refractivity contribution is 5.29. The van der Waals surface area contributed by atoms with Crippen molar-refractivity contribution in [1.29, 1.82) is 0 Å². The van der Waals surface area contributed by atoms with Gasteiger partial charge >= 0.3 is 0 Å². The van der Waals surface area contributed by atoms with Gasteiger partial charge < -0.3 is 4.74 Å². The summed E-state index contributed by atoms with van der Waals surface area (Å²) in [5.41, 5.74) is 2.24. The van der Waals surface area contributed by atoms with Crippen LogP contribution in [0, 0.1) is 28.6 Å². The van der Waals surface area contributed by atoms with Crippen molar-refractivity contribution >= 4 is 0 Å². The van der Waals surface area contributed by atoms with E-state index in [-0.39, 0.29) is 0 Å². The van der Waals surface area contributed by atoms with Gasteiger partial charge in [-0.15, -0.1) is 0 Å². The van der Waals surface area contributed by atoms with E-state index in [1.165, 1.54) is 12.8 Å². The Morgan fingerprint density at radius 2 is 1.93 bits per heavy atom. The van der Waals surface area contributed by atoms with Crippen LogP contribution in [0.15, 0.2) is 12.2 Å². The Morgan fingerprint density at radius 3 is 2.33 bits per heavy atom. The third-order valence-corrected chi connectivity index (χ3v) is 5.88. The molecule has 4 fully saturated rings. The Bertz CT molecular complexity index is 307. The minimum absolute atomic E-state index is 0.470. The first-order valence-corrected chi connectivity index (χ1v) is 6.22. The molecular weight excluding hydrogens is 184 g/mol. The topological polar surface area (TPSA) is 9.23 Å². The first-order valence-electron chi connectivity index (χ1n) is 6.22. The van der Waals surface area contributed by atoms with Crippen LogP contribution < -0.4 is 0 Å². The van der Waals surface area contributed by atoms with Crippen molar-refractivity contribution in [1.82, 2.24) is 0 Å². The van der Waals surface area contributed by atoms with E-state index in [0.29, 0.717) is 10.8 Å². The molecule has 4 saturated carbocycles. The minimum Gasteiger partial charge on any atom is -0.377 e. The van der Waals surface area contributed by atoms with E-state index in [0.717, 1.165) is 36.5 Å². The summed E-state index contributed by atoms with van der Waals surface area (Å²) < 4.78 is 5.84. The van der Waals surface area contributed by atoms with Gasteiger partial charge in [0, 0.05) is 0 Å². The molecule has 0 radical (unpaired) electrons. The third kappa shape index (κ3) is 0.982. The maximum Gasteiger partial charge on any atom is 0.0671 e. The predicted molar refractivity (Wildman–Crippen MR) is 61.6 cm³/mol. The summed E-state index contributed by atoms with van der Waals surface area (Å²) in [6.07, 6.45) is 2.96. The highest BCUT2D eigenvalue weighted by Gasteiger charge is 2.81. The van der Waals surface area contributed by atoms with E-state index in [1.807, 2.05) is 6.92 Å². The first-order chi connectivity index (χ1) is 7.00. The number of hydrogen-bond acceptors (Lipinski definition) is 1. The van der Waals surface area contributed by atoms with E-state index in [9.17, 15) is 0 Å². The SMILES string of the molecule is C=C(C)COCC1(C)C2CC3C(C2)C31C. The number of ether oxygens (including phenoxy) is 1. The Morgan fingerprint density at radius 1 is 1.33 bits per heavy atom. The number of rotatable bonds is 4. The molecule has 84 valence electrons. The Kier molecular flexibility index (Phi) is 1.77. The van der Waals surface area contributed by atoms with Crippen molar-refractivity contribution in [2.75, 3.05) is 13.2 Å². The van der Waals surface area contributed by atoms with Crippen LogP contribution in [-0.4, -0.2) is 13.2 Å². The monoisotopic (exact) mass is 206 g/mol. The lowest BCUT2D eigenvalue weighted by Crippen LogP contribution is -2.32. The van der Waals surface area contributed by atoms with Gasteiger partial charge in [0.15, 0.2) is 0 Å². The molecule has 0 aromatic heterocycles. The standard InChI is InChI=1S/C14H22O/c1-9(2)7-15-8-13(3)10-5-11-12(6-10)14(11,13)4/h10-12H,1,5-8H2,2-4H3. The van der Waals surface area contributed by atoms with Crippen molar-refractivity contribution in [3.63, 3.8) is 0 Å². The predicted octanol–water partition coefficient (Wildman–Crippen LogP) is 3.26. The highest BCUT2D eigenvalue weighted by atomic mass is 16.5. The van der Waals surface area contributed by atoms with Gasteiger partial charge in [0.1, 0.15) is 0 Å². The molecule has 0 aromatic carbocycles. The molecule has 0 spiro atoms. The average molecular weight is 206 g/mol. The second-order valence-electron chi connectivity index (χ2n) is 6.53. The van der Waals surface area contributed by atoms with Crippen LogP contribution in [0.4, 0.5) is 0 Å². The molecule has 0 aliphatic heterocycles. The van der Waals surface area contributed by atoms with Gasteiger partial charge in [-0.2, -0.15) is 0 Å². The van der Waals surface area contributed by atoms with E-state index < -0.39 is 0 Å². The lowest BCUT2D eigenvalue weighted by atomic mass is 9.75. The van der Waals surface area contributed by atoms with Crippen LogP contribution in [-0.2, 0) is 4.74 Å². The molecule has 1 nitrogen and oxygen atoms in total. The first kappa shape index (κ1) is 9.89. The van der Waals surface area contributed by atoms with Crippen LogP contribution in [0.3, 0.4) is 0 Å². The third-order valence-electron chi connectivity index (χ3n) is 5.88. The van der Waals surface area contributed by atoms with Crippen LogP contribution >= 0.6 is 0 Å². The summed E-state index contributed by atoms with van der Waals surface area (Å²) in [5.74, 6) is 3.03. The second-order valence-corrected chi connectivity index (χ2v) is 6.53. The van der Waals surface area contributed by atoms with E-state index >= 15 is 0 Å². The Labute approximate surface area is 92.9 Å². The molecule has 0 aromatic rings. The zero-order valence-electron chi connectivity index (χ0n) is 10.2. The van der Waals surface area contributed by atoms with Crippen molar-refractivity contribution in [2.24, 2.45) is 28.6 Å². The van der Waals surface area contributed by atoms with Gasteiger partial charge in [-0.1, -0.05) is 26.0 Å². The zero-order valence-corrected chi connectivity index (χ0v) is 10.2. The molecule has 0 saturated heterocycles. The maximum absolute atomic E-state index is 5.84. The molecular formula is C14H22O. The van der Waals surface area contributed by atoms with Gasteiger partial charge in [-0.3, -0.25) is 0 Å². The lowest BCUT2D eigenvalue weighted by Gasteiger charge is -2.33. The molecule has 0 amide bonds. The molecule has 4 aliphatic carbocycles. The van der Waals surface area contributed by atoms with Crippen LogP contribution in [0.5, 0.6) is 0 Å². The molecule has 0 N–H and O–H groups in total. The second kappa shape index (κ2) is 2.68. The van der Waals surface area contributed by atoms with Crippen molar-refractivity contribution < 1.29 is 4.74 Å².